The molecule has 0 amide bonds. The van der Waals surface area contributed by atoms with Gasteiger partial charge >= 0.3 is 0 Å². The van der Waals surface area contributed by atoms with Gasteiger partial charge in [0.1, 0.15) is 5.01 Å². The molecule has 18 heavy (non-hydrogen) atoms. The maximum atomic E-state index is 13.2. The van der Waals surface area contributed by atoms with Gasteiger partial charge in [0, 0.05) is 10.9 Å². The number of benzene rings is 1. The summed E-state index contributed by atoms with van der Waals surface area (Å²) in [6.45, 7) is 4.03. The Labute approximate surface area is 109 Å². The Morgan fingerprint density at radius 3 is 2.56 bits per heavy atom. The average Bonchev–Trinajstić information content (AvgIpc) is 2.83. The number of thiazole rings is 1. The summed E-state index contributed by atoms with van der Waals surface area (Å²) in [5.74, 6) is -1.69. The molecule has 2 nitrogen and oxygen atoms in total. The van der Waals surface area contributed by atoms with Gasteiger partial charge in [-0.3, -0.25) is 0 Å². The molecule has 0 saturated heterocycles. The molecule has 1 aromatic carbocycles. The molecule has 1 N–H and O–H groups in total. The molecule has 1 heterocycles. The third kappa shape index (κ3) is 2.42. The van der Waals surface area contributed by atoms with E-state index in [0.717, 1.165) is 11.1 Å². The molecule has 5 heteroatoms. The van der Waals surface area contributed by atoms with E-state index in [1.807, 2.05) is 26.3 Å². The van der Waals surface area contributed by atoms with Crippen molar-refractivity contribution in [1.29, 1.82) is 0 Å². The molecule has 0 aliphatic rings. The zero-order valence-corrected chi connectivity index (χ0v) is 11.2. The molecule has 0 aliphatic carbocycles. The van der Waals surface area contributed by atoms with Crippen molar-refractivity contribution in [1.82, 2.24) is 10.3 Å². The summed E-state index contributed by atoms with van der Waals surface area (Å²) >= 11 is 1.50. The molecule has 1 aromatic heterocycles. The van der Waals surface area contributed by atoms with Gasteiger partial charge in [-0.25, -0.2) is 13.8 Å². The third-order valence-corrected chi connectivity index (χ3v) is 4.05. The van der Waals surface area contributed by atoms with Crippen LogP contribution in [0, 0.1) is 11.6 Å². The molecule has 2 aromatic rings. The van der Waals surface area contributed by atoms with E-state index >= 15 is 0 Å². The number of hydrogen-bond donors (Lipinski definition) is 1. The van der Waals surface area contributed by atoms with E-state index in [2.05, 4.69) is 10.3 Å². The molecule has 0 spiro atoms. The summed E-state index contributed by atoms with van der Waals surface area (Å²) in [6.07, 6.45) is 0. The highest BCUT2D eigenvalue weighted by molar-refractivity contribution is 7.10. The molecular formula is C13H14F2N2S. The normalized spacial score (nSPS) is 11.8. The lowest BCUT2D eigenvalue weighted by Crippen LogP contribution is -2.32. The first-order chi connectivity index (χ1) is 8.44. The SMILES string of the molecule is CNC(C)(C)c1nc(-c2ccc(F)c(F)c2)cs1. The number of hydrogen-bond acceptors (Lipinski definition) is 3. The Morgan fingerprint density at radius 2 is 1.94 bits per heavy atom. The second kappa shape index (κ2) is 4.74. The summed E-state index contributed by atoms with van der Waals surface area (Å²) in [6, 6.07) is 3.82. The van der Waals surface area contributed by atoms with Crippen molar-refractivity contribution in [3.63, 3.8) is 0 Å². The topological polar surface area (TPSA) is 24.9 Å². The lowest BCUT2D eigenvalue weighted by molar-refractivity contribution is 0.442. The Balaban J connectivity index is 2.38. The van der Waals surface area contributed by atoms with Gasteiger partial charge in [0.25, 0.3) is 0 Å². The van der Waals surface area contributed by atoms with E-state index in [1.54, 1.807) is 0 Å². The van der Waals surface area contributed by atoms with Crippen molar-refractivity contribution in [3.8, 4) is 11.3 Å². The van der Waals surface area contributed by atoms with Crippen LogP contribution >= 0.6 is 11.3 Å². The molecule has 0 fully saturated rings. The molecular weight excluding hydrogens is 254 g/mol. The van der Waals surface area contributed by atoms with E-state index in [1.165, 1.54) is 23.5 Å². The maximum absolute atomic E-state index is 13.2. The van der Waals surface area contributed by atoms with Gasteiger partial charge in [0.2, 0.25) is 0 Å². The second-order valence-electron chi connectivity index (χ2n) is 4.54. The first-order valence-corrected chi connectivity index (χ1v) is 6.42. The average molecular weight is 268 g/mol. The smallest absolute Gasteiger partial charge is 0.159 e. The van der Waals surface area contributed by atoms with Crippen LogP contribution in [0.3, 0.4) is 0 Å². The van der Waals surface area contributed by atoms with Crippen LogP contribution in [0.15, 0.2) is 23.6 Å². The molecule has 0 unspecified atom stereocenters. The van der Waals surface area contributed by atoms with Crippen molar-refractivity contribution in [2.45, 2.75) is 19.4 Å². The minimum atomic E-state index is -0.852. The summed E-state index contributed by atoms with van der Waals surface area (Å²) < 4.78 is 26.0. The second-order valence-corrected chi connectivity index (χ2v) is 5.40. The molecule has 0 radical (unpaired) electrons. The fraction of sp³-hybridized carbons (Fsp3) is 0.308. The van der Waals surface area contributed by atoms with Crippen LogP contribution in [0.25, 0.3) is 11.3 Å². The Bertz CT molecular complexity index is 564. The summed E-state index contributed by atoms with van der Waals surface area (Å²) in [5.41, 5.74) is 1.02. The van der Waals surface area contributed by atoms with Gasteiger partial charge in [-0.15, -0.1) is 11.3 Å². The van der Waals surface area contributed by atoms with E-state index < -0.39 is 11.6 Å². The number of nitrogens with zero attached hydrogens (tertiary/aromatic N) is 1. The predicted molar refractivity (Wildman–Crippen MR) is 69.6 cm³/mol. The first-order valence-electron chi connectivity index (χ1n) is 5.54. The molecule has 0 saturated carbocycles. The van der Waals surface area contributed by atoms with E-state index in [0.29, 0.717) is 11.3 Å². The van der Waals surface area contributed by atoms with Gasteiger partial charge in [-0.1, -0.05) is 0 Å². The molecule has 0 aliphatic heterocycles. The van der Waals surface area contributed by atoms with E-state index in [9.17, 15) is 8.78 Å². The van der Waals surface area contributed by atoms with Crippen molar-refractivity contribution in [2.75, 3.05) is 7.05 Å². The minimum absolute atomic E-state index is 0.235. The first kappa shape index (κ1) is 13.1. The number of halogens is 2. The van der Waals surface area contributed by atoms with Gasteiger partial charge in [-0.2, -0.15) is 0 Å². The van der Waals surface area contributed by atoms with E-state index in [-0.39, 0.29) is 5.54 Å². The lowest BCUT2D eigenvalue weighted by Gasteiger charge is -2.20. The highest BCUT2D eigenvalue weighted by Crippen LogP contribution is 2.29. The monoisotopic (exact) mass is 268 g/mol. The fourth-order valence-electron chi connectivity index (χ4n) is 1.46. The number of aromatic nitrogens is 1. The highest BCUT2D eigenvalue weighted by Gasteiger charge is 2.22. The van der Waals surface area contributed by atoms with Gasteiger partial charge in [0.05, 0.1) is 11.2 Å². The fourth-order valence-corrected chi connectivity index (χ4v) is 2.42. The zero-order valence-electron chi connectivity index (χ0n) is 10.4. The van der Waals surface area contributed by atoms with Crippen LogP contribution in [0.5, 0.6) is 0 Å². The minimum Gasteiger partial charge on any atom is -0.309 e. The quantitative estimate of drug-likeness (QED) is 0.921. The van der Waals surface area contributed by atoms with Crippen LogP contribution in [-0.4, -0.2) is 12.0 Å². The Kier molecular flexibility index (Phi) is 3.45. The van der Waals surface area contributed by atoms with Crippen molar-refractivity contribution in [2.24, 2.45) is 0 Å². The molecule has 96 valence electrons. The van der Waals surface area contributed by atoms with Crippen LogP contribution in [0.4, 0.5) is 8.78 Å². The number of nitrogens with one attached hydrogen (secondary N) is 1. The zero-order chi connectivity index (χ0) is 13.3. The van der Waals surface area contributed by atoms with Crippen molar-refractivity contribution < 1.29 is 8.78 Å². The largest absolute Gasteiger partial charge is 0.309 e. The highest BCUT2D eigenvalue weighted by atomic mass is 32.1. The van der Waals surface area contributed by atoms with Gasteiger partial charge < -0.3 is 5.32 Å². The summed E-state index contributed by atoms with van der Waals surface area (Å²) in [5, 5.41) is 5.91. The van der Waals surface area contributed by atoms with Crippen LogP contribution < -0.4 is 5.32 Å². The lowest BCUT2D eigenvalue weighted by atomic mass is 10.1. The Hall–Kier alpha value is -1.33. The maximum Gasteiger partial charge on any atom is 0.159 e. The van der Waals surface area contributed by atoms with Gasteiger partial charge in [0.15, 0.2) is 11.6 Å². The van der Waals surface area contributed by atoms with Crippen LogP contribution in [0.2, 0.25) is 0 Å². The number of rotatable bonds is 3. The van der Waals surface area contributed by atoms with Crippen molar-refractivity contribution >= 4 is 11.3 Å². The predicted octanol–water partition coefficient (Wildman–Crippen LogP) is 3.54. The molecule has 0 bridgehead atoms. The van der Waals surface area contributed by atoms with Crippen molar-refractivity contribution in [3.05, 3.63) is 40.2 Å². The van der Waals surface area contributed by atoms with Gasteiger partial charge in [-0.05, 0) is 39.1 Å². The standard InChI is InChI=1S/C13H14F2N2S/c1-13(2,16-3)12-17-11(7-18-12)8-4-5-9(14)10(15)6-8/h4-7,16H,1-3H3. The molecule has 2 rings (SSSR count). The third-order valence-electron chi connectivity index (χ3n) is 2.88. The van der Waals surface area contributed by atoms with Crippen LogP contribution in [0.1, 0.15) is 18.9 Å². The van der Waals surface area contributed by atoms with Crippen LogP contribution in [-0.2, 0) is 5.54 Å². The molecule has 0 atom stereocenters. The summed E-state index contributed by atoms with van der Waals surface area (Å²) in [4.78, 5) is 4.46. The van der Waals surface area contributed by atoms with E-state index in [4.69, 9.17) is 0 Å². The Morgan fingerprint density at radius 1 is 1.22 bits per heavy atom. The summed E-state index contributed by atoms with van der Waals surface area (Å²) in [7, 11) is 1.86.